The van der Waals surface area contributed by atoms with Crippen molar-refractivity contribution < 1.29 is 5.11 Å². The number of aliphatic hydroxyl groups excluding tert-OH is 1. The monoisotopic (exact) mass is 248 g/mol. The molecule has 0 saturated heterocycles. The van der Waals surface area contributed by atoms with Crippen LogP contribution in [0.4, 0.5) is 5.69 Å². The molecule has 100 valence electrons. The highest BCUT2D eigenvalue weighted by Crippen LogP contribution is 2.24. The van der Waals surface area contributed by atoms with Crippen molar-refractivity contribution >= 4 is 5.69 Å². The number of benzene rings is 1. The van der Waals surface area contributed by atoms with E-state index in [2.05, 4.69) is 11.0 Å². The summed E-state index contributed by atoms with van der Waals surface area (Å²) in [6.45, 7) is 1.83. The SMILES string of the molecule is Nc1ccccc1CN(CCO)C1CCCCC1. The fourth-order valence-corrected chi connectivity index (χ4v) is 2.86. The van der Waals surface area contributed by atoms with E-state index in [4.69, 9.17) is 5.73 Å². The summed E-state index contributed by atoms with van der Waals surface area (Å²) >= 11 is 0. The number of nitrogens with zero attached hydrogens (tertiary/aromatic N) is 1. The molecule has 1 aromatic rings. The molecule has 18 heavy (non-hydrogen) atoms. The van der Waals surface area contributed by atoms with Gasteiger partial charge in [-0.3, -0.25) is 4.90 Å². The number of anilines is 1. The van der Waals surface area contributed by atoms with Crippen molar-refractivity contribution in [3.8, 4) is 0 Å². The van der Waals surface area contributed by atoms with Crippen molar-refractivity contribution in [2.75, 3.05) is 18.9 Å². The molecule has 0 unspecified atom stereocenters. The Balaban J connectivity index is 2.03. The first-order chi connectivity index (χ1) is 8.81. The van der Waals surface area contributed by atoms with E-state index >= 15 is 0 Å². The lowest BCUT2D eigenvalue weighted by atomic mass is 9.93. The van der Waals surface area contributed by atoms with E-state index in [9.17, 15) is 5.11 Å². The summed E-state index contributed by atoms with van der Waals surface area (Å²) in [4.78, 5) is 2.39. The molecule has 1 aliphatic carbocycles. The number of nitrogens with two attached hydrogens (primary N) is 1. The van der Waals surface area contributed by atoms with Crippen LogP contribution in [0.1, 0.15) is 37.7 Å². The lowest BCUT2D eigenvalue weighted by molar-refractivity contribution is 0.117. The predicted octanol–water partition coefficient (Wildman–Crippen LogP) is 2.40. The Hall–Kier alpha value is -1.06. The molecule has 0 aromatic heterocycles. The topological polar surface area (TPSA) is 49.5 Å². The molecule has 3 nitrogen and oxygen atoms in total. The lowest BCUT2D eigenvalue weighted by Gasteiger charge is -2.34. The molecule has 1 saturated carbocycles. The van der Waals surface area contributed by atoms with Gasteiger partial charge in [0.2, 0.25) is 0 Å². The highest BCUT2D eigenvalue weighted by molar-refractivity contribution is 5.46. The van der Waals surface area contributed by atoms with Gasteiger partial charge in [-0.1, -0.05) is 37.5 Å². The van der Waals surface area contributed by atoms with Gasteiger partial charge in [-0.2, -0.15) is 0 Å². The van der Waals surface area contributed by atoms with E-state index in [1.54, 1.807) is 0 Å². The molecule has 0 bridgehead atoms. The fourth-order valence-electron chi connectivity index (χ4n) is 2.86. The normalized spacial score (nSPS) is 17.2. The first-order valence-electron chi connectivity index (χ1n) is 6.99. The summed E-state index contributed by atoms with van der Waals surface area (Å²) < 4.78 is 0. The first-order valence-corrected chi connectivity index (χ1v) is 6.99. The van der Waals surface area contributed by atoms with Gasteiger partial charge in [0.1, 0.15) is 0 Å². The molecule has 3 heteroatoms. The van der Waals surface area contributed by atoms with Crippen LogP contribution in [0.5, 0.6) is 0 Å². The summed E-state index contributed by atoms with van der Waals surface area (Å²) in [5.41, 5.74) is 8.04. The zero-order chi connectivity index (χ0) is 12.8. The van der Waals surface area contributed by atoms with Gasteiger partial charge in [0.05, 0.1) is 6.61 Å². The summed E-state index contributed by atoms with van der Waals surface area (Å²) in [5.74, 6) is 0. The highest BCUT2D eigenvalue weighted by atomic mass is 16.3. The van der Waals surface area contributed by atoms with Crippen LogP contribution in [0.15, 0.2) is 24.3 Å². The second-order valence-corrected chi connectivity index (χ2v) is 5.18. The Morgan fingerprint density at radius 3 is 2.56 bits per heavy atom. The largest absolute Gasteiger partial charge is 0.398 e. The Bertz CT molecular complexity index is 361. The Kier molecular flexibility index (Phi) is 5.02. The second kappa shape index (κ2) is 6.76. The second-order valence-electron chi connectivity index (χ2n) is 5.18. The number of para-hydroxylation sites is 1. The molecular weight excluding hydrogens is 224 g/mol. The van der Waals surface area contributed by atoms with E-state index in [0.717, 1.165) is 18.8 Å². The maximum Gasteiger partial charge on any atom is 0.0558 e. The van der Waals surface area contributed by atoms with Crippen molar-refractivity contribution in [1.29, 1.82) is 0 Å². The molecule has 2 rings (SSSR count). The molecule has 1 aliphatic rings. The number of hydrogen-bond acceptors (Lipinski definition) is 3. The molecule has 0 aliphatic heterocycles. The van der Waals surface area contributed by atoms with Gasteiger partial charge in [-0.25, -0.2) is 0 Å². The standard InChI is InChI=1S/C15H24N2O/c16-15-9-5-4-6-13(15)12-17(10-11-18)14-7-2-1-3-8-14/h4-6,9,14,18H,1-3,7-8,10-12,16H2. The van der Waals surface area contributed by atoms with Gasteiger partial charge in [0, 0.05) is 24.8 Å². The molecule has 1 aromatic carbocycles. The first kappa shape index (κ1) is 13.4. The summed E-state index contributed by atoms with van der Waals surface area (Å²) in [6, 6.07) is 8.65. The highest BCUT2D eigenvalue weighted by Gasteiger charge is 2.21. The van der Waals surface area contributed by atoms with E-state index < -0.39 is 0 Å². The molecule has 0 atom stereocenters. The molecular formula is C15H24N2O. The van der Waals surface area contributed by atoms with Crippen LogP contribution in [0.25, 0.3) is 0 Å². The quantitative estimate of drug-likeness (QED) is 0.787. The van der Waals surface area contributed by atoms with E-state index in [-0.39, 0.29) is 6.61 Å². The van der Waals surface area contributed by atoms with E-state index in [0.29, 0.717) is 6.04 Å². The van der Waals surface area contributed by atoms with E-state index in [1.807, 2.05) is 18.2 Å². The number of aliphatic hydroxyl groups is 1. The van der Waals surface area contributed by atoms with Gasteiger partial charge in [0.15, 0.2) is 0 Å². The smallest absolute Gasteiger partial charge is 0.0558 e. The molecule has 0 heterocycles. The fraction of sp³-hybridized carbons (Fsp3) is 0.600. The van der Waals surface area contributed by atoms with Crippen LogP contribution in [0.2, 0.25) is 0 Å². The van der Waals surface area contributed by atoms with Crippen LogP contribution in [0.3, 0.4) is 0 Å². The molecule has 0 amide bonds. The number of hydrogen-bond donors (Lipinski definition) is 2. The Morgan fingerprint density at radius 2 is 1.89 bits per heavy atom. The van der Waals surface area contributed by atoms with Gasteiger partial charge in [0.25, 0.3) is 0 Å². The third-order valence-electron chi connectivity index (χ3n) is 3.91. The minimum atomic E-state index is 0.225. The minimum Gasteiger partial charge on any atom is -0.398 e. The number of rotatable bonds is 5. The maximum atomic E-state index is 9.24. The average molecular weight is 248 g/mol. The molecule has 3 N–H and O–H groups in total. The lowest BCUT2D eigenvalue weighted by Crippen LogP contribution is -2.38. The Labute approximate surface area is 110 Å². The summed E-state index contributed by atoms with van der Waals surface area (Å²) in [6.07, 6.45) is 6.50. The third kappa shape index (κ3) is 3.47. The van der Waals surface area contributed by atoms with Crippen molar-refractivity contribution in [3.63, 3.8) is 0 Å². The molecule has 1 fully saturated rings. The van der Waals surface area contributed by atoms with Crippen LogP contribution in [0, 0.1) is 0 Å². The van der Waals surface area contributed by atoms with Crippen LogP contribution < -0.4 is 5.73 Å². The zero-order valence-electron chi connectivity index (χ0n) is 11.0. The van der Waals surface area contributed by atoms with Gasteiger partial charge in [-0.15, -0.1) is 0 Å². The van der Waals surface area contributed by atoms with Gasteiger partial charge >= 0.3 is 0 Å². The maximum absolute atomic E-state index is 9.24. The van der Waals surface area contributed by atoms with Crippen LogP contribution in [-0.2, 0) is 6.54 Å². The van der Waals surface area contributed by atoms with E-state index in [1.165, 1.54) is 37.7 Å². The summed E-state index contributed by atoms with van der Waals surface area (Å²) in [7, 11) is 0. The zero-order valence-corrected chi connectivity index (χ0v) is 11.0. The molecule has 0 radical (unpaired) electrons. The van der Waals surface area contributed by atoms with Gasteiger partial charge < -0.3 is 10.8 Å². The summed E-state index contributed by atoms with van der Waals surface area (Å²) in [5, 5.41) is 9.24. The average Bonchev–Trinajstić information content (AvgIpc) is 2.42. The predicted molar refractivity (Wildman–Crippen MR) is 75.2 cm³/mol. The van der Waals surface area contributed by atoms with Crippen molar-refractivity contribution in [2.24, 2.45) is 0 Å². The van der Waals surface area contributed by atoms with Crippen molar-refractivity contribution in [2.45, 2.75) is 44.7 Å². The van der Waals surface area contributed by atoms with Crippen LogP contribution in [-0.4, -0.2) is 29.2 Å². The van der Waals surface area contributed by atoms with Crippen molar-refractivity contribution in [1.82, 2.24) is 4.90 Å². The van der Waals surface area contributed by atoms with Crippen LogP contribution >= 0.6 is 0 Å². The van der Waals surface area contributed by atoms with Gasteiger partial charge in [-0.05, 0) is 24.5 Å². The van der Waals surface area contributed by atoms with Crippen molar-refractivity contribution in [3.05, 3.63) is 29.8 Å². The molecule has 0 spiro atoms. The minimum absolute atomic E-state index is 0.225. The third-order valence-corrected chi connectivity index (χ3v) is 3.91. The number of nitrogen functional groups attached to an aromatic ring is 1. The Morgan fingerprint density at radius 1 is 1.17 bits per heavy atom.